The maximum Gasteiger partial charge on any atom is 0.508 e. The lowest BCUT2D eigenvalue weighted by atomic mass is 10.2. The van der Waals surface area contributed by atoms with E-state index in [0.717, 1.165) is 0 Å². The van der Waals surface area contributed by atoms with Crippen molar-refractivity contribution in [2.75, 3.05) is 6.61 Å². The third-order valence-corrected chi connectivity index (χ3v) is 1.85. The molecule has 8 heteroatoms. The zero-order valence-electron chi connectivity index (χ0n) is 11.6. The van der Waals surface area contributed by atoms with Gasteiger partial charge in [0.1, 0.15) is 12.2 Å². The predicted molar refractivity (Wildman–Crippen MR) is 66.6 cm³/mol. The molecule has 0 heterocycles. The quantitative estimate of drug-likeness (QED) is 0.692. The minimum atomic E-state index is -1.38. The first-order chi connectivity index (χ1) is 9.15. The molecule has 0 rings (SSSR count). The maximum absolute atomic E-state index is 11.3. The van der Waals surface area contributed by atoms with Crippen molar-refractivity contribution in [3.05, 3.63) is 0 Å². The van der Waals surface area contributed by atoms with Gasteiger partial charge in [0.25, 0.3) is 0 Å². The molecule has 112 valence electrons. The maximum atomic E-state index is 11.3. The summed E-state index contributed by atoms with van der Waals surface area (Å²) in [6.45, 7) is 4.34. The van der Waals surface area contributed by atoms with Gasteiger partial charge < -0.3 is 19.9 Å². The summed E-state index contributed by atoms with van der Waals surface area (Å²) in [5.41, 5.74) is -0.758. The normalized spacial score (nSPS) is 11.9. The number of carbonyl (C=O) groups is 3. The number of nitrogens with one attached hydrogen (secondary N) is 1. The van der Waals surface area contributed by atoms with Crippen molar-refractivity contribution in [1.29, 1.82) is 5.26 Å². The zero-order valence-corrected chi connectivity index (χ0v) is 11.6. The number of hydrogen-bond donors (Lipinski definition) is 2. The molecule has 0 aliphatic rings. The molecule has 1 unspecified atom stereocenters. The first kappa shape index (κ1) is 17.7. The molecular formula is C12H18N2O6. The van der Waals surface area contributed by atoms with Crippen molar-refractivity contribution >= 4 is 18.0 Å². The number of hydrogen-bond acceptors (Lipinski definition) is 6. The largest absolute Gasteiger partial charge is 0.508 e. The van der Waals surface area contributed by atoms with Gasteiger partial charge in [0.15, 0.2) is 6.04 Å². The molecule has 8 nitrogen and oxygen atoms in total. The van der Waals surface area contributed by atoms with E-state index in [9.17, 15) is 14.4 Å². The summed E-state index contributed by atoms with van der Waals surface area (Å²) in [5.74, 6) is -1.95. The average Bonchev–Trinajstić information content (AvgIpc) is 2.29. The molecule has 0 aliphatic carbocycles. The molecule has 1 atom stereocenters. The van der Waals surface area contributed by atoms with Crippen LogP contribution in [-0.4, -0.2) is 41.4 Å². The highest BCUT2D eigenvalue weighted by Crippen LogP contribution is 2.08. The molecule has 0 aromatic carbocycles. The zero-order chi connectivity index (χ0) is 15.8. The topological polar surface area (TPSA) is 126 Å². The molecule has 1 amide bonds. The van der Waals surface area contributed by atoms with E-state index in [0.29, 0.717) is 0 Å². The van der Waals surface area contributed by atoms with Crippen LogP contribution in [0.4, 0.5) is 4.79 Å². The van der Waals surface area contributed by atoms with Gasteiger partial charge in [0.2, 0.25) is 5.91 Å². The van der Waals surface area contributed by atoms with E-state index >= 15 is 0 Å². The second-order valence-electron chi connectivity index (χ2n) is 4.89. The van der Waals surface area contributed by atoms with Crippen LogP contribution in [0.3, 0.4) is 0 Å². The van der Waals surface area contributed by atoms with E-state index in [1.807, 2.05) is 0 Å². The van der Waals surface area contributed by atoms with Gasteiger partial charge in [-0.25, -0.2) is 9.59 Å². The minimum absolute atomic E-state index is 0.0227. The van der Waals surface area contributed by atoms with E-state index in [1.165, 1.54) is 0 Å². The fourth-order valence-corrected chi connectivity index (χ4v) is 1.04. The lowest BCUT2D eigenvalue weighted by Crippen LogP contribution is -2.44. The Bertz CT molecular complexity index is 407. The van der Waals surface area contributed by atoms with Crippen molar-refractivity contribution in [1.82, 2.24) is 5.32 Å². The van der Waals surface area contributed by atoms with Crippen molar-refractivity contribution in [3.63, 3.8) is 0 Å². The Morgan fingerprint density at radius 3 is 2.40 bits per heavy atom. The number of amides is 1. The molecule has 20 heavy (non-hydrogen) atoms. The van der Waals surface area contributed by atoms with Crippen LogP contribution < -0.4 is 5.32 Å². The molecule has 0 fully saturated rings. The van der Waals surface area contributed by atoms with E-state index in [1.54, 1.807) is 26.8 Å². The number of aliphatic carboxylic acids is 1. The van der Waals surface area contributed by atoms with Gasteiger partial charge in [-0.2, -0.15) is 5.26 Å². The number of carboxylic acid groups (broad SMARTS) is 1. The SMILES string of the molecule is CC(C)(C)OC(=O)OCC(NC(=O)CCC#N)C(=O)O. The number of nitrogens with zero attached hydrogens (tertiary/aromatic N) is 1. The molecule has 0 aliphatic heterocycles. The number of ether oxygens (including phenoxy) is 2. The van der Waals surface area contributed by atoms with E-state index in [-0.39, 0.29) is 12.8 Å². The summed E-state index contributed by atoms with van der Waals surface area (Å²) in [5, 5.41) is 19.3. The Morgan fingerprint density at radius 1 is 1.35 bits per heavy atom. The van der Waals surface area contributed by atoms with Crippen LogP contribution in [0, 0.1) is 11.3 Å². The average molecular weight is 286 g/mol. The summed E-state index contributed by atoms with van der Waals surface area (Å²) >= 11 is 0. The summed E-state index contributed by atoms with van der Waals surface area (Å²) in [7, 11) is 0. The minimum Gasteiger partial charge on any atom is -0.480 e. The molecule has 0 saturated carbocycles. The lowest BCUT2D eigenvalue weighted by Gasteiger charge is -2.20. The second-order valence-corrected chi connectivity index (χ2v) is 4.89. The third kappa shape index (κ3) is 8.74. The van der Waals surface area contributed by atoms with Crippen LogP contribution in [0.2, 0.25) is 0 Å². The van der Waals surface area contributed by atoms with Gasteiger partial charge >= 0.3 is 12.1 Å². The fraction of sp³-hybridized carbons (Fsp3) is 0.667. The molecule has 0 aromatic rings. The molecule has 0 saturated heterocycles. The Morgan fingerprint density at radius 2 is 1.95 bits per heavy atom. The van der Waals surface area contributed by atoms with Crippen molar-refractivity contribution < 1.29 is 29.0 Å². The Balaban J connectivity index is 4.29. The van der Waals surface area contributed by atoms with Gasteiger partial charge in [-0.3, -0.25) is 4.79 Å². The number of nitriles is 1. The molecule has 0 radical (unpaired) electrons. The van der Waals surface area contributed by atoms with Crippen LogP contribution in [0.5, 0.6) is 0 Å². The lowest BCUT2D eigenvalue weighted by molar-refractivity contribution is -0.143. The van der Waals surface area contributed by atoms with Crippen LogP contribution in [0.15, 0.2) is 0 Å². The van der Waals surface area contributed by atoms with Crippen molar-refractivity contribution in [2.24, 2.45) is 0 Å². The molecule has 0 bridgehead atoms. The van der Waals surface area contributed by atoms with E-state index in [4.69, 9.17) is 15.1 Å². The predicted octanol–water partition coefficient (Wildman–Crippen LogP) is 0.811. The Kier molecular flexibility index (Phi) is 7.07. The molecule has 2 N–H and O–H groups in total. The first-order valence-electron chi connectivity index (χ1n) is 5.90. The van der Waals surface area contributed by atoms with Gasteiger partial charge in [-0.1, -0.05) is 0 Å². The van der Waals surface area contributed by atoms with Gasteiger partial charge in [0, 0.05) is 12.8 Å². The summed E-state index contributed by atoms with van der Waals surface area (Å²) in [6.07, 6.45) is -1.16. The summed E-state index contributed by atoms with van der Waals surface area (Å²) in [6, 6.07) is 0.383. The van der Waals surface area contributed by atoms with Gasteiger partial charge in [-0.05, 0) is 20.8 Å². The van der Waals surface area contributed by atoms with Crippen molar-refractivity contribution in [2.45, 2.75) is 45.3 Å². The number of carboxylic acids is 1. The Labute approximate surface area is 116 Å². The smallest absolute Gasteiger partial charge is 0.480 e. The van der Waals surface area contributed by atoms with E-state index < -0.39 is 36.3 Å². The third-order valence-electron chi connectivity index (χ3n) is 1.85. The monoisotopic (exact) mass is 286 g/mol. The van der Waals surface area contributed by atoms with Crippen LogP contribution in [-0.2, 0) is 19.1 Å². The molecular weight excluding hydrogens is 268 g/mol. The summed E-state index contributed by atoms with van der Waals surface area (Å²) < 4.78 is 9.45. The van der Waals surface area contributed by atoms with E-state index in [2.05, 4.69) is 10.1 Å². The number of carbonyl (C=O) groups excluding carboxylic acids is 2. The fourth-order valence-electron chi connectivity index (χ4n) is 1.04. The summed E-state index contributed by atoms with van der Waals surface area (Å²) in [4.78, 5) is 33.4. The van der Waals surface area contributed by atoms with Gasteiger partial charge in [-0.15, -0.1) is 0 Å². The van der Waals surface area contributed by atoms with Crippen molar-refractivity contribution in [3.8, 4) is 6.07 Å². The molecule has 0 spiro atoms. The van der Waals surface area contributed by atoms with Crippen LogP contribution in [0.1, 0.15) is 33.6 Å². The van der Waals surface area contributed by atoms with Crippen LogP contribution >= 0.6 is 0 Å². The second kappa shape index (κ2) is 7.99. The molecule has 0 aromatic heterocycles. The highest BCUT2D eigenvalue weighted by atomic mass is 16.7. The highest BCUT2D eigenvalue weighted by Gasteiger charge is 2.24. The number of rotatable bonds is 6. The van der Waals surface area contributed by atoms with Gasteiger partial charge in [0.05, 0.1) is 6.07 Å². The first-order valence-corrected chi connectivity index (χ1v) is 5.90. The standard InChI is InChI=1S/C12H18N2O6/c1-12(2,3)20-11(18)19-7-8(10(16)17)14-9(15)5-4-6-13/h8H,4-5,7H2,1-3H3,(H,14,15)(H,16,17). The Hall–Kier alpha value is -2.30. The highest BCUT2D eigenvalue weighted by molar-refractivity contribution is 5.83. The van der Waals surface area contributed by atoms with Crippen LogP contribution in [0.25, 0.3) is 0 Å².